The van der Waals surface area contributed by atoms with Crippen LogP contribution in [0.15, 0.2) is 0 Å². The van der Waals surface area contributed by atoms with Gasteiger partial charge in [0, 0.05) is 0 Å². The second-order valence-electron chi connectivity index (χ2n) is 5.24. The Morgan fingerprint density at radius 2 is 0.542 bits per heavy atom. The number of hydrogen-bond donors (Lipinski definition) is 0. The molecule has 0 aliphatic heterocycles. The molecule has 0 bridgehead atoms. The van der Waals surface area contributed by atoms with Crippen molar-refractivity contribution in [2.24, 2.45) is 0 Å². The monoisotopic (exact) mass is 441 g/mol. The summed E-state index contributed by atoms with van der Waals surface area (Å²) in [7, 11) is 0. The first kappa shape index (κ1) is 49.8. The number of unbranched alkanes of at least 4 members (excludes halogenated alkanes) is 13. The first-order valence-electron chi connectivity index (χ1n) is 8.07. The molecule has 0 amide bonds. The van der Waals surface area contributed by atoms with Crippen molar-refractivity contribution in [3.8, 4) is 0 Å². The summed E-state index contributed by atoms with van der Waals surface area (Å²) in [6.07, 6.45) is 20.4. The van der Waals surface area contributed by atoms with Gasteiger partial charge < -0.3 is 21.9 Å². The third-order valence-corrected chi connectivity index (χ3v) is 3.46. The van der Waals surface area contributed by atoms with Crippen LogP contribution in [-0.2, 0) is 19.8 Å². The fraction of sp³-hybridized carbons (Fsp3) is 1.00. The molecule has 8 heteroatoms. The molecular formula is C16H44Cl2MnO5. The number of hydrogen-bond acceptors (Lipinski definition) is 1. The molecule has 0 rings (SSSR count). The van der Waals surface area contributed by atoms with Crippen LogP contribution < -0.4 is 0 Å². The molecule has 0 saturated carbocycles. The topological polar surface area (TPSA) is 143 Å². The average Bonchev–Trinajstić information content (AvgIpc) is 2.42. The second kappa shape index (κ2) is 56.5. The Bertz CT molecular complexity index is 136. The zero-order valence-corrected chi connectivity index (χ0v) is 18.3. The maximum absolute atomic E-state index is 8.06. The zero-order chi connectivity index (χ0) is 13.9. The number of rotatable bonds is 13. The minimum absolute atomic E-state index is 0. The molecule has 0 unspecified atom stereocenters. The van der Waals surface area contributed by atoms with Crippen LogP contribution in [0.3, 0.4) is 0 Å². The molecule has 0 radical (unpaired) electrons. The summed E-state index contributed by atoms with van der Waals surface area (Å²) in [4.78, 5) is 0. The van der Waals surface area contributed by atoms with Gasteiger partial charge in [-0.25, -0.2) is 0 Å². The summed E-state index contributed by atoms with van der Waals surface area (Å²) in [5.41, 5.74) is 0. The van der Waals surface area contributed by atoms with Crippen LogP contribution in [0.25, 0.3) is 0 Å². The van der Waals surface area contributed by atoms with Crippen molar-refractivity contribution in [1.29, 1.82) is 0 Å². The molecule has 0 aromatic rings. The van der Waals surface area contributed by atoms with E-state index in [-0.39, 0.29) is 46.7 Å². The van der Waals surface area contributed by atoms with E-state index in [0.29, 0.717) is 0 Å². The predicted molar refractivity (Wildman–Crippen MR) is 106 cm³/mol. The molecule has 0 aliphatic rings. The van der Waals surface area contributed by atoms with Gasteiger partial charge in [0.2, 0.25) is 0 Å². The molecule has 24 heavy (non-hydrogen) atoms. The van der Waals surface area contributed by atoms with Crippen LogP contribution in [0.5, 0.6) is 0 Å². The maximum atomic E-state index is 8.06. The van der Waals surface area contributed by atoms with E-state index in [9.17, 15) is 0 Å². The summed E-state index contributed by atoms with van der Waals surface area (Å²) < 4.78 is 8.06. The van der Waals surface area contributed by atoms with E-state index in [1.807, 2.05) is 0 Å². The quantitative estimate of drug-likeness (QED) is 0.309. The van der Waals surface area contributed by atoms with Gasteiger partial charge in [-0.1, -0.05) is 104 Å². The third kappa shape index (κ3) is 56.9. The molecular weight excluding hydrogens is 398 g/mol. The molecule has 0 heterocycles. The Kier molecular flexibility index (Phi) is 117. The van der Waals surface area contributed by atoms with Gasteiger partial charge in [-0.05, 0) is 0 Å². The first-order valence-corrected chi connectivity index (χ1v) is 8.55. The van der Waals surface area contributed by atoms with Gasteiger partial charge in [-0.2, -0.15) is 0 Å². The Hall–Kier alpha value is 0.739. The first-order chi connectivity index (χ1) is 8.91. The molecule has 0 aromatic carbocycles. The van der Waals surface area contributed by atoms with Crippen molar-refractivity contribution in [3.63, 3.8) is 0 Å². The van der Waals surface area contributed by atoms with E-state index in [0.717, 1.165) is 0 Å². The fourth-order valence-electron chi connectivity index (χ4n) is 2.27. The SMILES string of the molecule is CCCCCCCCCCCCCCCC.Cl.Cl.O.O.O.O.[O]=[Mn]. The molecule has 0 spiro atoms. The van der Waals surface area contributed by atoms with Gasteiger partial charge in [0.05, 0.1) is 0 Å². The van der Waals surface area contributed by atoms with Crippen LogP contribution in [0.4, 0.5) is 0 Å². The van der Waals surface area contributed by atoms with Crippen molar-refractivity contribution in [1.82, 2.24) is 0 Å². The zero-order valence-electron chi connectivity index (χ0n) is 15.5. The van der Waals surface area contributed by atoms with Crippen molar-refractivity contribution < 1.29 is 41.7 Å². The third-order valence-electron chi connectivity index (χ3n) is 3.46. The van der Waals surface area contributed by atoms with Crippen molar-refractivity contribution in [2.45, 2.75) is 104 Å². The summed E-state index contributed by atoms with van der Waals surface area (Å²) in [6, 6.07) is 0. The summed E-state index contributed by atoms with van der Waals surface area (Å²) >= 11 is 1.69. The van der Waals surface area contributed by atoms with Gasteiger partial charge in [0.25, 0.3) is 0 Å². The van der Waals surface area contributed by atoms with Gasteiger partial charge >= 0.3 is 19.8 Å². The average molecular weight is 442 g/mol. The van der Waals surface area contributed by atoms with E-state index in [1.165, 1.54) is 89.9 Å². The Morgan fingerprint density at radius 3 is 0.667 bits per heavy atom. The van der Waals surface area contributed by atoms with Crippen molar-refractivity contribution >= 4 is 24.8 Å². The van der Waals surface area contributed by atoms with Gasteiger partial charge in [0.1, 0.15) is 0 Å². The molecule has 159 valence electrons. The second-order valence-corrected chi connectivity index (χ2v) is 5.24. The Morgan fingerprint density at radius 1 is 0.417 bits per heavy atom. The fourth-order valence-corrected chi connectivity index (χ4v) is 2.27. The standard InChI is InChI=1S/C16H34.2ClH.Mn.4H2O.O/c1-3-5-7-9-11-13-15-16-14-12-10-8-6-4-2;;;;;;;;/h3-16H2,1-2H3;2*1H;;4*1H2;. The summed E-state index contributed by atoms with van der Waals surface area (Å²) in [5, 5.41) is 0. The molecule has 5 nitrogen and oxygen atoms in total. The van der Waals surface area contributed by atoms with Gasteiger partial charge in [-0.15, -0.1) is 24.8 Å². The van der Waals surface area contributed by atoms with Gasteiger partial charge in [0.15, 0.2) is 0 Å². The van der Waals surface area contributed by atoms with Crippen LogP contribution >= 0.6 is 24.8 Å². The van der Waals surface area contributed by atoms with Crippen LogP contribution in [0, 0.1) is 0 Å². The van der Waals surface area contributed by atoms with E-state index in [2.05, 4.69) is 13.8 Å². The molecule has 0 aromatic heterocycles. The summed E-state index contributed by atoms with van der Waals surface area (Å²) in [6.45, 7) is 4.58. The summed E-state index contributed by atoms with van der Waals surface area (Å²) in [5.74, 6) is 0. The van der Waals surface area contributed by atoms with E-state index >= 15 is 0 Å². The van der Waals surface area contributed by atoms with Crippen molar-refractivity contribution in [2.75, 3.05) is 0 Å². The van der Waals surface area contributed by atoms with Crippen LogP contribution in [0.2, 0.25) is 0 Å². The molecule has 0 saturated heterocycles. The van der Waals surface area contributed by atoms with Crippen LogP contribution in [0.1, 0.15) is 104 Å². The Balaban J connectivity index is -0.0000000512. The van der Waals surface area contributed by atoms with E-state index < -0.39 is 0 Å². The normalized spacial score (nSPS) is 7.42. The molecule has 8 N–H and O–H groups in total. The predicted octanol–water partition coefficient (Wildman–Crippen LogP) is 3.91. The number of halogens is 2. The van der Waals surface area contributed by atoms with Crippen LogP contribution in [-0.4, -0.2) is 21.9 Å². The van der Waals surface area contributed by atoms with E-state index in [1.54, 1.807) is 15.9 Å². The Labute approximate surface area is 170 Å². The van der Waals surface area contributed by atoms with Crippen molar-refractivity contribution in [3.05, 3.63) is 0 Å². The molecule has 0 aliphatic carbocycles. The molecule has 0 fully saturated rings. The van der Waals surface area contributed by atoms with E-state index in [4.69, 9.17) is 3.83 Å². The minimum atomic E-state index is 0. The van der Waals surface area contributed by atoms with Gasteiger partial charge in [-0.3, -0.25) is 0 Å². The molecule has 0 atom stereocenters.